The van der Waals surface area contributed by atoms with Crippen LogP contribution in [0.2, 0.25) is 0 Å². The Morgan fingerprint density at radius 3 is 2.60 bits per heavy atom. The molecule has 1 unspecified atom stereocenters. The van der Waals surface area contributed by atoms with Crippen molar-refractivity contribution in [1.82, 2.24) is 4.90 Å². The summed E-state index contributed by atoms with van der Waals surface area (Å²) in [6.45, 7) is 0.244. The molecule has 0 amide bonds. The molecule has 88 valence electrons. The Kier molecular flexibility index (Phi) is 3.96. The van der Waals surface area contributed by atoms with Crippen LogP contribution < -0.4 is 0 Å². The van der Waals surface area contributed by atoms with E-state index in [1.165, 1.54) is 4.90 Å². The summed E-state index contributed by atoms with van der Waals surface area (Å²) in [4.78, 5) is 12.2. The molecule has 1 aliphatic heterocycles. The minimum atomic E-state index is -4.21. The zero-order valence-corrected chi connectivity index (χ0v) is 8.26. The van der Waals surface area contributed by atoms with Crippen LogP contribution in [0.25, 0.3) is 0 Å². The minimum Gasteiger partial charge on any atom is -0.480 e. The van der Waals surface area contributed by atoms with Crippen LogP contribution >= 0.6 is 0 Å². The average molecular weight is 225 g/mol. The molecule has 1 saturated heterocycles. The number of carbonyl (C=O) groups is 1. The second-order valence-corrected chi connectivity index (χ2v) is 3.75. The molecule has 0 spiro atoms. The van der Waals surface area contributed by atoms with E-state index in [0.29, 0.717) is 13.0 Å². The number of carboxylic acids is 1. The fraction of sp³-hybridized carbons (Fsp3) is 0.889. The molecule has 0 aliphatic carbocycles. The first-order valence-corrected chi connectivity index (χ1v) is 4.94. The molecule has 6 heteroatoms. The van der Waals surface area contributed by atoms with Crippen LogP contribution in [0.5, 0.6) is 0 Å². The SMILES string of the molecule is O=C(O)C1CCCCN1CCC(F)(F)F. The lowest BCUT2D eigenvalue weighted by Gasteiger charge is -2.32. The number of alkyl halides is 3. The number of hydrogen-bond acceptors (Lipinski definition) is 2. The van der Waals surface area contributed by atoms with Gasteiger partial charge in [-0.2, -0.15) is 13.2 Å². The largest absolute Gasteiger partial charge is 0.480 e. The van der Waals surface area contributed by atoms with E-state index in [4.69, 9.17) is 5.11 Å². The highest BCUT2D eigenvalue weighted by Crippen LogP contribution is 2.23. The summed E-state index contributed by atoms with van der Waals surface area (Å²) in [5.74, 6) is -1.02. The fourth-order valence-corrected chi connectivity index (χ4v) is 1.81. The van der Waals surface area contributed by atoms with Gasteiger partial charge < -0.3 is 5.11 Å². The smallest absolute Gasteiger partial charge is 0.390 e. The van der Waals surface area contributed by atoms with E-state index >= 15 is 0 Å². The van der Waals surface area contributed by atoms with Crippen molar-refractivity contribution in [2.75, 3.05) is 13.1 Å². The van der Waals surface area contributed by atoms with Crippen LogP contribution in [0, 0.1) is 0 Å². The van der Waals surface area contributed by atoms with Crippen LogP contribution in [-0.2, 0) is 4.79 Å². The van der Waals surface area contributed by atoms with Gasteiger partial charge in [0, 0.05) is 6.54 Å². The van der Waals surface area contributed by atoms with Gasteiger partial charge in [-0.05, 0) is 19.4 Å². The number of hydrogen-bond donors (Lipinski definition) is 1. The van der Waals surface area contributed by atoms with Crippen LogP contribution in [0.3, 0.4) is 0 Å². The minimum absolute atomic E-state index is 0.208. The molecule has 1 aliphatic rings. The van der Waals surface area contributed by atoms with Crippen LogP contribution in [0.1, 0.15) is 25.7 Å². The molecule has 0 aromatic rings. The lowest BCUT2D eigenvalue weighted by Crippen LogP contribution is -2.45. The highest BCUT2D eigenvalue weighted by molar-refractivity contribution is 5.73. The van der Waals surface area contributed by atoms with Crippen molar-refractivity contribution in [2.45, 2.75) is 37.9 Å². The maximum atomic E-state index is 12.0. The molecule has 1 heterocycles. The molecule has 0 bridgehead atoms. The van der Waals surface area contributed by atoms with Gasteiger partial charge in [0.2, 0.25) is 0 Å². The molecule has 0 radical (unpaired) electrons. The summed E-state index contributed by atoms with van der Waals surface area (Å²) >= 11 is 0. The molecule has 15 heavy (non-hydrogen) atoms. The Labute approximate surface area is 85.9 Å². The number of likely N-dealkylation sites (tertiary alicyclic amines) is 1. The van der Waals surface area contributed by atoms with Gasteiger partial charge in [0.25, 0.3) is 0 Å². The molecule has 1 fully saturated rings. The normalized spacial score (nSPS) is 24.1. The van der Waals surface area contributed by atoms with Gasteiger partial charge in [-0.1, -0.05) is 6.42 Å². The molecule has 3 nitrogen and oxygen atoms in total. The van der Waals surface area contributed by atoms with Gasteiger partial charge in [-0.25, -0.2) is 0 Å². The van der Waals surface area contributed by atoms with Gasteiger partial charge in [-0.15, -0.1) is 0 Å². The quantitative estimate of drug-likeness (QED) is 0.797. The number of aliphatic carboxylic acids is 1. The first kappa shape index (κ1) is 12.3. The monoisotopic (exact) mass is 225 g/mol. The summed E-state index contributed by atoms with van der Waals surface area (Å²) in [7, 11) is 0. The standard InChI is InChI=1S/C9H14F3NO2/c10-9(11,12)4-6-13-5-2-1-3-7(13)8(14)15/h7H,1-6H2,(H,14,15). The predicted octanol–water partition coefficient (Wildman–Crippen LogP) is 1.88. The third-order valence-corrected chi connectivity index (χ3v) is 2.58. The van der Waals surface area contributed by atoms with E-state index in [-0.39, 0.29) is 6.54 Å². The van der Waals surface area contributed by atoms with Crippen molar-refractivity contribution in [3.05, 3.63) is 0 Å². The first-order chi connectivity index (χ1) is 6.90. The second-order valence-electron chi connectivity index (χ2n) is 3.75. The molecule has 1 atom stereocenters. The topological polar surface area (TPSA) is 40.5 Å². The summed E-state index contributed by atoms with van der Waals surface area (Å²) in [6.07, 6.45) is -3.13. The van der Waals surface area contributed by atoms with E-state index in [1.807, 2.05) is 0 Å². The Bertz CT molecular complexity index is 230. The maximum absolute atomic E-state index is 12.0. The molecular formula is C9H14F3NO2. The van der Waals surface area contributed by atoms with Gasteiger partial charge in [0.05, 0.1) is 6.42 Å². The van der Waals surface area contributed by atoms with Crippen molar-refractivity contribution < 1.29 is 23.1 Å². The van der Waals surface area contributed by atoms with E-state index in [0.717, 1.165) is 12.8 Å². The summed E-state index contributed by atoms with van der Waals surface area (Å²) in [5.41, 5.74) is 0. The van der Waals surface area contributed by atoms with E-state index in [9.17, 15) is 18.0 Å². The van der Waals surface area contributed by atoms with Crippen molar-refractivity contribution in [1.29, 1.82) is 0 Å². The van der Waals surface area contributed by atoms with Crippen molar-refractivity contribution >= 4 is 5.97 Å². The van der Waals surface area contributed by atoms with E-state index in [1.54, 1.807) is 0 Å². The van der Waals surface area contributed by atoms with Crippen LogP contribution in [-0.4, -0.2) is 41.3 Å². The number of carboxylic acid groups (broad SMARTS) is 1. The number of rotatable bonds is 3. The van der Waals surface area contributed by atoms with Gasteiger partial charge >= 0.3 is 12.1 Å². The number of halogens is 3. The van der Waals surface area contributed by atoms with Crippen molar-refractivity contribution in [3.63, 3.8) is 0 Å². The molecule has 0 aromatic carbocycles. The lowest BCUT2D eigenvalue weighted by atomic mass is 10.0. The van der Waals surface area contributed by atoms with Crippen molar-refractivity contribution in [2.24, 2.45) is 0 Å². The molecule has 1 rings (SSSR count). The van der Waals surface area contributed by atoms with Gasteiger partial charge in [0.15, 0.2) is 0 Å². The summed E-state index contributed by atoms with van der Waals surface area (Å²) in [5, 5.41) is 8.82. The van der Waals surface area contributed by atoms with E-state index < -0.39 is 24.6 Å². The summed E-state index contributed by atoms with van der Waals surface area (Å²) in [6, 6.07) is -0.735. The van der Waals surface area contributed by atoms with Crippen LogP contribution in [0.15, 0.2) is 0 Å². The second kappa shape index (κ2) is 4.83. The Morgan fingerprint density at radius 1 is 1.40 bits per heavy atom. The summed E-state index contributed by atoms with van der Waals surface area (Å²) < 4.78 is 35.9. The fourth-order valence-electron chi connectivity index (χ4n) is 1.81. The third-order valence-electron chi connectivity index (χ3n) is 2.58. The zero-order valence-electron chi connectivity index (χ0n) is 8.26. The van der Waals surface area contributed by atoms with Gasteiger partial charge in [0.1, 0.15) is 6.04 Å². The molecule has 1 N–H and O–H groups in total. The predicted molar refractivity (Wildman–Crippen MR) is 47.5 cm³/mol. The Morgan fingerprint density at radius 2 is 2.07 bits per heavy atom. The number of nitrogens with zero attached hydrogens (tertiary/aromatic N) is 1. The Hall–Kier alpha value is -0.780. The Balaban J connectivity index is 2.46. The highest BCUT2D eigenvalue weighted by atomic mass is 19.4. The molecule has 0 saturated carbocycles. The molecular weight excluding hydrogens is 211 g/mol. The molecule has 0 aromatic heterocycles. The van der Waals surface area contributed by atoms with Gasteiger partial charge in [-0.3, -0.25) is 9.69 Å². The van der Waals surface area contributed by atoms with E-state index in [2.05, 4.69) is 0 Å². The highest BCUT2D eigenvalue weighted by Gasteiger charge is 2.33. The lowest BCUT2D eigenvalue weighted by molar-refractivity contribution is -0.151. The number of piperidine rings is 1. The zero-order chi connectivity index (χ0) is 11.5. The van der Waals surface area contributed by atoms with Crippen LogP contribution in [0.4, 0.5) is 13.2 Å². The average Bonchev–Trinajstić information content (AvgIpc) is 2.14. The first-order valence-electron chi connectivity index (χ1n) is 4.94. The third kappa shape index (κ3) is 4.07. The maximum Gasteiger partial charge on any atom is 0.390 e. The van der Waals surface area contributed by atoms with Crippen molar-refractivity contribution in [3.8, 4) is 0 Å².